The molecule has 1 heterocycles. The molecular weight excluding hydrogens is 248 g/mol. The van der Waals surface area contributed by atoms with Crippen molar-refractivity contribution in [3.63, 3.8) is 0 Å². The molecule has 1 aliphatic rings. The van der Waals surface area contributed by atoms with Crippen molar-refractivity contribution in [2.45, 2.75) is 45.1 Å². The van der Waals surface area contributed by atoms with Gasteiger partial charge in [0.2, 0.25) is 5.95 Å². The van der Waals surface area contributed by atoms with Crippen molar-refractivity contribution >= 4 is 23.4 Å². The van der Waals surface area contributed by atoms with Crippen LogP contribution in [0, 0.1) is 5.92 Å². The van der Waals surface area contributed by atoms with Gasteiger partial charge >= 0.3 is 0 Å². The molecule has 1 aliphatic carbocycles. The SMILES string of the molecule is CCC1CCCC(Nc2nc(NC)ncc2Cl)C1. The summed E-state index contributed by atoms with van der Waals surface area (Å²) in [4.78, 5) is 8.46. The van der Waals surface area contributed by atoms with Gasteiger partial charge in [-0.1, -0.05) is 37.8 Å². The maximum absolute atomic E-state index is 6.13. The van der Waals surface area contributed by atoms with E-state index in [1.807, 2.05) is 0 Å². The highest BCUT2D eigenvalue weighted by atomic mass is 35.5. The van der Waals surface area contributed by atoms with Gasteiger partial charge in [-0.2, -0.15) is 4.98 Å². The monoisotopic (exact) mass is 268 g/mol. The van der Waals surface area contributed by atoms with Gasteiger partial charge in [-0.3, -0.25) is 0 Å². The Kier molecular flexibility index (Phi) is 4.64. The second kappa shape index (κ2) is 6.23. The molecule has 4 nitrogen and oxygen atoms in total. The summed E-state index contributed by atoms with van der Waals surface area (Å²) >= 11 is 6.13. The fourth-order valence-corrected chi connectivity index (χ4v) is 2.72. The lowest BCUT2D eigenvalue weighted by Gasteiger charge is -2.29. The topological polar surface area (TPSA) is 49.8 Å². The van der Waals surface area contributed by atoms with Crippen LogP contribution >= 0.6 is 11.6 Å². The molecule has 2 rings (SSSR count). The fourth-order valence-electron chi connectivity index (χ4n) is 2.58. The van der Waals surface area contributed by atoms with E-state index >= 15 is 0 Å². The zero-order valence-corrected chi connectivity index (χ0v) is 11.8. The van der Waals surface area contributed by atoms with Crippen molar-refractivity contribution in [2.24, 2.45) is 5.92 Å². The Hall–Kier alpha value is -1.03. The Labute approximate surface area is 114 Å². The van der Waals surface area contributed by atoms with E-state index in [-0.39, 0.29) is 0 Å². The summed E-state index contributed by atoms with van der Waals surface area (Å²) in [6, 6.07) is 0.487. The summed E-state index contributed by atoms with van der Waals surface area (Å²) in [5.74, 6) is 2.18. The lowest BCUT2D eigenvalue weighted by molar-refractivity contribution is 0.327. The van der Waals surface area contributed by atoms with Gasteiger partial charge in [0.15, 0.2) is 5.82 Å². The van der Waals surface area contributed by atoms with Crippen LogP contribution in [-0.4, -0.2) is 23.1 Å². The summed E-state index contributed by atoms with van der Waals surface area (Å²) in [5.41, 5.74) is 0. The number of rotatable bonds is 4. The lowest BCUT2D eigenvalue weighted by atomic mass is 9.84. The Bertz CT molecular complexity index is 397. The Balaban J connectivity index is 2.04. The highest BCUT2D eigenvalue weighted by molar-refractivity contribution is 6.32. The van der Waals surface area contributed by atoms with Gasteiger partial charge in [-0.05, 0) is 18.8 Å². The van der Waals surface area contributed by atoms with Gasteiger partial charge in [0.05, 0.1) is 6.20 Å². The maximum atomic E-state index is 6.13. The standard InChI is InChI=1S/C13H21ClN4/c1-3-9-5-4-6-10(7-9)17-12-11(14)8-16-13(15-2)18-12/h8-10H,3-7H2,1-2H3,(H2,15,16,17,18). The minimum Gasteiger partial charge on any atom is -0.366 e. The normalized spacial score (nSPS) is 23.7. The Morgan fingerprint density at radius 2 is 2.28 bits per heavy atom. The van der Waals surface area contributed by atoms with E-state index in [0.29, 0.717) is 17.0 Å². The smallest absolute Gasteiger partial charge is 0.224 e. The van der Waals surface area contributed by atoms with Crippen LogP contribution in [0.1, 0.15) is 39.0 Å². The quantitative estimate of drug-likeness (QED) is 0.877. The first-order chi connectivity index (χ1) is 8.72. The third-order valence-corrected chi connectivity index (χ3v) is 3.95. The fraction of sp³-hybridized carbons (Fsp3) is 0.692. The molecule has 1 aromatic rings. The zero-order chi connectivity index (χ0) is 13.0. The van der Waals surface area contributed by atoms with E-state index in [1.54, 1.807) is 13.2 Å². The van der Waals surface area contributed by atoms with Crippen molar-refractivity contribution < 1.29 is 0 Å². The first kappa shape index (κ1) is 13.4. The number of hydrogen-bond acceptors (Lipinski definition) is 4. The number of halogens is 1. The third kappa shape index (κ3) is 3.25. The van der Waals surface area contributed by atoms with Crippen LogP contribution in [0.3, 0.4) is 0 Å². The van der Waals surface area contributed by atoms with E-state index in [0.717, 1.165) is 11.7 Å². The molecule has 0 aliphatic heterocycles. The predicted molar refractivity (Wildman–Crippen MR) is 76.2 cm³/mol. The van der Waals surface area contributed by atoms with E-state index < -0.39 is 0 Å². The van der Waals surface area contributed by atoms with Gasteiger partial charge < -0.3 is 10.6 Å². The van der Waals surface area contributed by atoms with Crippen LogP contribution in [0.4, 0.5) is 11.8 Å². The molecule has 0 bridgehead atoms. The largest absolute Gasteiger partial charge is 0.366 e. The van der Waals surface area contributed by atoms with Gasteiger partial charge in [0.25, 0.3) is 0 Å². The minimum atomic E-state index is 0.487. The van der Waals surface area contributed by atoms with Crippen LogP contribution in [-0.2, 0) is 0 Å². The van der Waals surface area contributed by atoms with Crippen LogP contribution in [0.2, 0.25) is 5.02 Å². The number of anilines is 2. The number of nitrogens with one attached hydrogen (secondary N) is 2. The van der Waals surface area contributed by atoms with Crippen molar-refractivity contribution in [2.75, 3.05) is 17.7 Å². The van der Waals surface area contributed by atoms with Gasteiger partial charge in [0, 0.05) is 13.1 Å². The van der Waals surface area contributed by atoms with Gasteiger partial charge in [-0.15, -0.1) is 0 Å². The van der Waals surface area contributed by atoms with Crippen LogP contribution in [0.5, 0.6) is 0 Å². The molecule has 2 atom stereocenters. The molecule has 5 heteroatoms. The minimum absolute atomic E-state index is 0.487. The number of nitrogens with zero attached hydrogens (tertiary/aromatic N) is 2. The first-order valence-electron chi connectivity index (χ1n) is 6.69. The predicted octanol–water partition coefficient (Wildman–Crippen LogP) is 3.55. The van der Waals surface area contributed by atoms with E-state index in [4.69, 9.17) is 11.6 Å². The van der Waals surface area contributed by atoms with Crippen molar-refractivity contribution in [3.05, 3.63) is 11.2 Å². The summed E-state index contributed by atoms with van der Waals surface area (Å²) in [6.45, 7) is 2.27. The highest BCUT2D eigenvalue weighted by Gasteiger charge is 2.21. The molecule has 0 spiro atoms. The number of aromatic nitrogens is 2. The maximum Gasteiger partial charge on any atom is 0.224 e. The van der Waals surface area contributed by atoms with Crippen molar-refractivity contribution in [1.82, 2.24) is 9.97 Å². The van der Waals surface area contributed by atoms with Crippen molar-refractivity contribution in [1.29, 1.82) is 0 Å². The number of hydrogen-bond donors (Lipinski definition) is 2. The second-order valence-corrected chi connectivity index (χ2v) is 5.33. The molecule has 0 aromatic carbocycles. The van der Waals surface area contributed by atoms with E-state index in [1.165, 1.54) is 32.1 Å². The molecule has 0 saturated heterocycles. The van der Waals surface area contributed by atoms with Crippen LogP contribution in [0.15, 0.2) is 6.20 Å². The van der Waals surface area contributed by atoms with E-state index in [9.17, 15) is 0 Å². The Morgan fingerprint density at radius 3 is 3.00 bits per heavy atom. The summed E-state index contributed by atoms with van der Waals surface area (Å²) in [5, 5.41) is 6.99. The van der Waals surface area contributed by atoms with Crippen molar-refractivity contribution in [3.8, 4) is 0 Å². The molecule has 2 unspecified atom stereocenters. The third-order valence-electron chi connectivity index (χ3n) is 3.67. The zero-order valence-electron chi connectivity index (χ0n) is 11.0. The molecule has 1 fully saturated rings. The molecule has 0 amide bonds. The Morgan fingerprint density at radius 1 is 1.44 bits per heavy atom. The van der Waals surface area contributed by atoms with Crippen LogP contribution in [0.25, 0.3) is 0 Å². The molecular formula is C13H21ClN4. The average Bonchev–Trinajstić information content (AvgIpc) is 2.41. The van der Waals surface area contributed by atoms with Gasteiger partial charge in [0.1, 0.15) is 5.02 Å². The summed E-state index contributed by atoms with van der Waals surface area (Å²) in [7, 11) is 1.81. The molecule has 1 aromatic heterocycles. The van der Waals surface area contributed by atoms with Crippen LogP contribution < -0.4 is 10.6 Å². The summed E-state index contributed by atoms with van der Waals surface area (Å²) in [6.07, 6.45) is 7.96. The molecule has 2 N–H and O–H groups in total. The highest BCUT2D eigenvalue weighted by Crippen LogP contribution is 2.30. The molecule has 18 heavy (non-hydrogen) atoms. The van der Waals surface area contributed by atoms with E-state index in [2.05, 4.69) is 27.5 Å². The first-order valence-corrected chi connectivity index (χ1v) is 7.07. The molecule has 100 valence electrons. The second-order valence-electron chi connectivity index (χ2n) is 4.92. The lowest BCUT2D eigenvalue weighted by Crippen LogP contribution is -2.27. The van der Waals surface area contributed by atoms with Gasteiger partial charge in [-0.25, -0.2) is 4.98 Å². The summed E-state index contributed by atoms with van der Waals surface area (Å²) < 4.78 is 0. The average molecular weight is 269 g/mol. The molecule has 1 saturated carbocycles. The molecule has 0 radical (unpaired) electrons.